The van der Waals surface area contributed by atoms with Gasteiger partial charge >= 0.3 is 0 Å². The summed E-state index contributed by atoms with van der Waals surface area (Å²) in [5.74, 6) is 1.78. The molecule has 1 N–H and O–H groups in total. The smallest absolute Gasteiger partial charge is 0.270 e. The van der Waals surface area contributed by atoms with Gasteiger partial charge in [0.2, 0.25) is 0 Å². The van der Waals surface area contributed by atoms with Crippen molar-refractivity contribution in [1.82, 2.24) is 20.3 Å². The summed E-state index contributed by atoms with van der Waals surface area (Å²) in [6.45, 7) is 4.51. The second kappa shape index (κ2) is 8.82. The SMILES string of the molecule is CC1CCCN(c2cc(C(=O)NCc3ccccn3)nc(-c3ccccc3)n2)C1. The van der Waals surface area contributed by atoms with Crippen molar-refractivity contribution in [3.63, 3.8) is 0 Å². The first kappa shape index (κ1) is 19.1. The Morgan fingerprint density at radius 1 is 1.14 bits per heavy atom. The van der Waals surface area contributed by atoms with Crippen molar-refractivity contribution in [2.45, 2.75) is 26.3 Å². The molecule has 4 rings (SSSR count). The summed E-state index contributed by atoms with van der Waals surface area (Å²) in [5.41, 5.74) is 2.09. The van der Waals surface area contributed by atoms with Crippen molar-refractivity contribution >= 4 is 11.7 Å². The van der Waals surface area contributed by atoms with Gasteiger partial charge in [-0.2, -0.15) is 0 Å². The average Bonchev–Trinajstić information content (AvgIpc) is 2.78. The summed E-state index contributed by atoms with van der Waals surface area (Å²) in [7, 11) is 0. The van der Waals surface area contributed by atoms with Crippen molar-refractivity contribution in [3.05, 3.63) is 72.2 Å². The molecule has 1 saturated heterocycles. The number of carbonyl (C=O) groups excluding carboxylic acids is 1. The lowest BCUT2D eigenvalue weighted by Crippen LogP contribution is -2.35. The molecule has 29 heavy (non-hydrogen) atoms. The van der Waals surface area contributed by atoms with Gasteiger partial charge in [-0.1, -0.05) is 43.3 Å². The number of amides is 1. The highest BCUT2D eigenvalue weighted by molar-refractivity contribution is 5.93. The van der Waals surface area contributed by atoms with E-state index in [0.717, 1.165) is 36.6 Å². The number of nitrogens with one attached hydrogen (secondary N) is 1. The van der Waals surface area contributed by atoms with Crippen molar-refractivity contribution in [1.29, 1.82) is 0 Å². The van der Waals surface area contributed by atoms with E-state index in [1.807, 2.05) is 48.5 Å². The van der Waals surface area contributed by atoms with Crippen LogP contribution in [0.2, 0.25) is 0 Å². The highest BCUT2D eigenvalue weighted by Crippen LogP contribution is 2.24. The van der Waals surface area contributed by atoms with Gasteiger partial charge in [0.05, 0.1) is 12.2 Å². The van der Waals surface area contributed by atoms with E-state index in [2.05, 4.69) is 27.1 Å². The molecule has 6 heteroatoms. The molecular weight excluding hydrogens is 362 g/mol. The predicted molar refractivity (Wildman–Crippen MR) is 113 cm³/mol. The van der Waals surface area contributed by atoms with Crippen molar-refractivity contribution in [2.24, 2.45) is 5.92 Å². The summed E-state index contributed by atoms with van der Waals surface area (Å²) >= 11 is 0. The number of hydrogen-bond acceptors (Lipinski definition) is 5. The largest absolute Gasteiger partial charge is 0.356 e. The average molecular weight is 387 g/mol. The van der Waals surface area contributed by atoms with Crippen molar-refractivity contribution < 1.29 is 4.79 Å². The Labute approximate surface area is 171 Å². The third kappa shape index (κ3) is 4.77. The fourth-order valence-corrected chi connectivity index (χ4v) is 3.59. The molecule has 1 aliphatic rings. The van der Waals surface area contributed by atoms with Crippen LogP contribution >= 0.6 is 0 Å². The molecule has 6 nitrogen and oxygen atoms in total. The van der Waals surface area contributed by atoms with Crippen LogP contribution in [0.4, 0.5) is 5.82 Å². The monoisotopic (exact) mass is 387 g/mol. The zero-order valence-electron chi connectivity index (χ0n) is 16.6. The van der Waals surface area contributed by atoms with Gasteiger partial charge in [0.15, 0.2) is 5.82 Å². The minimum absolute atomic E-state index is 0.221. The molecule has 0 bridgehead atoms. The van der Waals surface area contributed by atoms with E-state index < -0.39 is 0 Å². The van der Waals surface area contributed by atoms with Crippen LogP contribution in [-0.4, -0.2) is 33.9 Å². The van der Waals surface area contributed by atoms with Crippen LogP contribution < -0.4 is 10.2 Å². The molecule has 1 unspecified atom stereocenters. The molecule has 1 amide bonds. The van der Waals surface area contributed by atoms with E-state index in [1.54, 1.807) is 12.3 Å². The first-order chi connectivity index (χ1) is 14.2. The van der Waals surface area contributed by atoms with E-state index in [-0.39, 0.29) is 5.91 Å². The molecule has 0 radical (unpaired) electrons. The zero-order chi connectivity index (χ0) is 20.1. The third-order valence-corrected chi connectivity index (χ3v) is 5.11. The molecule has 1 aromatic carbocycles. The van der Waals surface area contributed by atoms with Crippen LogP contribution in [0.3, 0.4) is 0 Å². The van der Waals surface area contributed by atoms with Gasteiger partial charge in [-0.3, -0.25) is 9.78 Å². The zero-order valence-corrected chi connectivity index (χ0v) is 16.6. The second-order valence-electron chi connectivity index (χ2n) is 7.50. The molecular formula is C23H25N5O. The van der Waals surface area contributed by atoms with Crippen LogP contribution in [0, 0.1) is 5.92 Å². The van der Waals surface area contributed by atoms with Crippen molar-refractivity contribution in [2.75, 3.05) is 18.0 Å². The second-order valence-corrected chi connectivity index (χ2v) is 7.50. The fourth-order valence-electron chi connectivity index (χ4n) is 3.59. The Morgan fingerprint density at radius 2 is 1.97 bits per heavy atom. The van der Waals surface area contributed by atoms with Crippen LogP contribution in [0.1, 0.15) is 35.9 Å². The van der Waals surface area contributed by atoms with Gasteiger partial charge in [-0.15, -0.1) is 0 Å². The molecule has 1 fully saturated rings. The Balaban J connectivity index is 1.63. The van der Waals surface area contributed by atoms with E-state index in [9.17, 15) is 4.79 Å². The Morgan fingerprint density at radius 3 is 2.72 bits per heavy atom. The number of hydrogen-bond donors (Lipinski definition) is 1. The van der Waals surface area contributed by atoms with Gasteiger partial charge in [0.1, 0.15) is 11.5 Å². The number of aromatic nitrogens is 3. The van der Waals surface area contributed by atoms with Crippen LogP contribution in [0.25, 0.3) is 11.4 Å². The lowest BCUT2D eigenvalue weighted by Gasteiger charge is -2.32. The number of benzene rings is 1. The van der Waals surface area contributed by atoms with Crippen LogP contribution in [0.15, 0.2) is 60.8 Å². The molecule has 3 aromatic rings. The molecule has 0 saturated carbocycles. The fraction of sp³-hybridized carbons (Fsp3) is 0.304. The lowest BCUT2D eigenvalue weighted by atomic mass is 10.0. The number of pyridine rings is 1. The van der Waals surface area contributed by atoms with Gasteiger partial charge in [0.25, 0.3) is 5.91 Å². The molecule has 2 aromatic heterocycles. The Hall–Kier alpha value is -3.28. The van der Waals surface area contributed by atoms with E-state index in [4.69, 9.17) is 4.98 Å². The van der Waals surface area contributed by atoms with Gasteiger partial charge < -0.3 is 10.2 Å². The van der Waals surface area contributed by atoms with E-state index >= 15 is 0 Å². The molecule has 1 atom stereocenters. The number of anilines is 1. The lowest BCUT2D eigenvalue weighted by molar-refractivity contribution is 0.0945. The summed E-state index contributed by atoms with van der Waals surface area (Å²) in [4.78, 5) is 28.7. The maximum atomic E-state index is 12.9. The number of rotatable bonds is 5. The minimum atomic E-state index is -0.221. The third-order valence-electron chi connectivity index (χ3n) is 5.11. The van der Waals surface area contributed by atoms with Crippen LogP contribution in [0.5, 0.6) is 0 Å². The first-order valence-electron chi connectivity index (χ1n) is 10.1. The molecule has 1 aliphatic heterocycles. The number of nitrogens with zero attached hydrogens (tertiary/aromatic N) is 4. The summed E-state index contributed by atoms with van der Waals surface area (Å²) in [5, 5.41) is 2.92. The number of carbonyl (C=O) groups is 1. The van der Waals surface area contributed by atoms with E-state index in [0.29, 0.717) is 24.0 Å². The summed E-state index contributed by atoms with van der Waals surface area (Å²) < 4.78 is 0. The maximum Gasteiger partial charge on any atom is 0.270 e. The van der Waals surface area contributed by atoms with Gasteiger partial charge in [0, 0.05) is 30.9 Å². The maximum absolute atomic E-state index is 12.9. The quantitative estimate of drug-likeness (QED) is 0.723. The Kier molecular flexibility index (Phi) is 5.79. The van der Waals surface area contributed by atoms with Crippen LogP contribution in [-0.2, 0) is 6.54 Å². The van der Waals surface area contributed by atoms with Gasteiger partial charge in [-0.25, -0.2) is 9.97 Å². The van der Waals surface area contributed by atoms with Crippen molar-refractivity contribution in [3.8, 4) is 11.4 Å². The summed E-state index contributed by atoms with van der Waals surface area (Å²) in [6.07, 6.45) is 4.08. The Bertz CT molecular complexity index is 962. The predicted octanol–water partition coefficient (Wildman–Crippen LogP) is 3.70. The van der Waals surface area contributed by atoms with E-state index in [1.165, 1.54) is 6.42 Å². The molecule has 3 heterocycles. The standard InChI is InChI=1S/C23H25N5O/c1-17-8-7-13-28(16-17)21-14-20(23(29)25-15-19-11-5-6-12-24-19)26-22(27-21)18-9-3-2-4-10-18/h2-6,9-12,14,17H,7-8,13,15-16H2,1H3,(H,25,29). The normalized spacial score (nSPS) is 16.4. The highest BCUT2D eigenvalue weighted by Gasteiger charge is 2.21. The molecule has 0 spiro atoms. The summed E-state index contributed by atoms with van der Waals surface area (Å²) in [6, 6.07) is 17.2. The topological polar surface area (TPSA) is 71.0 Å². The molecule has 0 aliphatic carbocycles. The minimum Gasteiger partial charge on any atom is -0.356 e. The first-order valence-corrected chi connectivity index (χ1v) is 10.1. The molecule has 148 valence electrons. The number of piperidine rings is 1. The highest BCUT2D eigenvalue weighted by atomic mass is 16.1. The van der Waals surface area contributed by atoms with Gasteiger partial charge in [-0.05, 0) is 30.9 Å².